The smallest absolute Gasteiger partial charge is 0.254 e. The van der Waals surface area contributed by atoms with E-state index in [2.05, 4.69) is 15.9 Å². The van der Waals surface area contributed by atoms with Crippen LogP contribution in [0.3, 0.4) is 0 Å². The maximum absolute atomic E-state index is 12.6. The number of carbonyl (C=O) groups excluding carboxylic acids is 1. The minimum absolute atomic E-state index is 0.0368. The van der Waals surface area contributed by atoms with Crippen LogP contribution in [0.15, 0.2) is 53.0 Å². The highest BCUT2D eigenvalue weighted by Gasteiger charge is 2.26. The molecule has 1 unspecified atom stereocenters. The molecule has 2 aromatic rings. The Kier molecular flexibility index (Phi) is 4.81. The number of ether oxygens (including phenoxy) is 1. The fourth-order valence-corrected chi connectivity index (χ4v) is 2.88. The Morgan fingerprint density at radius 2 is 1.82 bits per heavy atom. The molecule has 1 amide bonds. The summed E-state index contributed by atoms with van der Waals surface area (Å²) in [6.07, 6.45) is -0.106. The lowest BCUT2D eigenvalue weighted by atomic mass is 10.1. The number of nitrogens with zero attached hydrogens (tertiary/aromatic N) is 1. The van der Waals surface area contributed by atoms with Gasteiger partial charge in [-0.25, -0.2) is 0 Å². The molecule has 22 heavy (non-hydrogen) atoms. The van der Waals surface area contributed by atoms with Gasteiger partial charge in [-0.2, -0.15) is 0 Å². The standard InChI is InChI=1S/C17H15BrClNO2/c18-14-5-1-13(2-6-14)17(21)20-9-10-22-16(11-20)12-3-7-15(19)8-4-12/h1-8,16H,9-11H2. The van der Waals surface area contributed by atoms with Crippen molar-refractivity contribution in [1.29, 1.82) is 0 Å². The molecule has 0 bridgehead atoms. The van der Waals surface area contributed by atoms with Crippen molar-refractivity contribution in [1.82, 2.24) is 4.90 Å². The highest BCUT2D eigenvalue weighted by atomic mass is 79.9. The van der Waals surface area contributed by atoms with E-state index in [1.54, 1.807) is 0 Å². The molecule has 0 radical (unpaired) electrons. The average Bonchev–Trinajstić information content (AvgIpc) is 2.56. The summed E-state index contributed by atoms with van der Waals surface area (Å²) in [6.45, 7) is 1.70. The fraction of sp³-hybridized carbons (Fsp3) is 0.235. The molecular formula is C17H15BrClNO2. The van der Waals surface area contributed by atoms with Gasteiger partial charge in [0.15, 0.2) is 0 Å². The maximum atomic E-state index is 12.6. The van der Waals surface area contributed by atoms with Crippen LogP contribution in [0, 0.1) is 0 Å². The normalized spacial score (nSPS) is 18.3. The van der Waals surface area contributed by atoms with E-state index >= 15 is 0 Å². The number of hydrogen-bond donors (Lipinski definition) is 0. The highest BCUT2D eigenvalue weighted by molar-refractivity contribution is 9.10. The van der Waals surface area contributed by atoms with Crippen LogP contribution in [0.2, 0.25) is 5.02 Å². The van der Waals surface area contributed by atoms with Crippen molar-refractivity contribution in [2.45, 2.75) is 6.10 Å². The van der Waals surface area contributed by atoms with Gasteiger partial charge in [-0.3, -0.25) is 4.79 Å². The van der Waals surface area contributed by atoms with Gasteiger partial charge in [0.2, 0.25) is 0 Å². The van der Waals surface area contributed by atoms with Crippen molar-refractivity contribution in [3.8, 4) is 0 Å². The molecule has 0 N–H and O–H groups in total. The van der Waals surface area contributed by atoms with E-state index in [9.17, 15) is 4.79 Å². The van der Waals surface area contributed by atoms with Crippen LogP contribution in [0.5, 0.6) is 0 Å². The summed E-state index contributed by atoms with van der Waals surface area (Å²) >= 11 is 9.29. The first-order valence-corrected chi connectivity index (χ1v) is 8.22. The summed E-state index contributed by atoms with van der Waals surface area (Å²) < 4.78 is 6.76. The van der Waals surface area contributed by atoms with Crippen LogP contribution in [0.25, 0.3) is 0 Å². The third-order valence-electron chi connectivity index (χ3n) is 3.69. The number of hydrogen-bond acceptors (Lipinski definition) is 2. The highest BCUT2D eigenvalue weighted by Crippen LogP contribution is 2.24. The van der Waals surface area contributed by atoms with Crippen molar-refractivity contribution in [3.05, 3.63) is 69.2 Å². The van der Waals surface area contributed by atoms with Crippen LogP contribution < -0.4 is 0 Å². The molecule has 1 fully saturated rings. The molecule has 0 saturated carbocycles. The molecule has 2 aromatic carbocycles. The van der Waals surface area contributed by atoms with E-state index in [-0.39, 0.29) is 12.0 Å². The van der Waals surface area contributed by atoms with E-state index in [1.807, 2.05) is 53.4 Å². The molecule has 3 rings (SSSR count). The lowest BCUT2D eigenvalue weighted by molar-refractivity contribution is -0.0228. The van der Waals surface area contributed by atoms with Crippen molar-refractivity contribution in [2.75, 3.05) is 19.7 Å². The van der Waals surface area contributed by atoms with Gasteiger partial charge in [0.05, 0.1) is 13.2 Å². The predicted molar refractivity (Wildman–Crippen MR) is 90.2 cm³/mol. The number of halogens is 2. The van der Waals surface area contributed by atoms with Gasteiger partial charge in [-0.1, -0.05) is 39.7 Å². The predicted octanol–water partition coefficient (Wildman–Crippen LogP) is 4.32. The SMILES string of the molecule is O=C(c1ccc(Br)cc1)N1CCOC(c2ccc(Cl)cc2)C1. The average molecular weight is 381 g/mol. The minimum Gasteiger partial charge on any atom is -0.370 e. The van der Waals surface area contributed by atoms with E-state index in [0.29, 0.717) is 30.3 Å². The zero-order valence-electron chi connectivity index (χ0n) is 11.8. The van der Waals surface area contributed by atoms with Gasteiger partial charge in [-0.05, 0) is 42.0 Å². The fourth-order valence-electron chi connectivity index (χ4n) is 2.49. The summed E-state index contributed by atoms with van der Waals surface area (Å²) in [5, 5.41) is 0.697. The first-order chi connectivity index (χ1) is 10.6. The Morgan fingerprint density at radius 1 is 1.14 bits per heavy atom. The second-order valence-electron chi connectivity index (χ2n) is 5.17. The summed E-state index contributed by atoms with van der Waals surface area (Å²) in [6, 6.07) is 15.0. The van der Waals surface area contributed by atoms with Crippen molar-refractivity contribution < 1.29 is 9.53 Å². The van der Waals surface area contributed by atoms with Crippen molar-refractivity contribution in [2.24, 2.45) is 0 Å². The molecular weight excluding hydrogens is 366 g/mol. The van der Waals surface area contributed by atoms with Gasteiger partial charge in [0.1, 0.15) is 6.10 Å². The maximum Gasteiger partial charge on any atom is 0.254 e. The molecule has 0 aliphatic carbocycles. The summed E-state index contributed by atoms with van der Waals surface area (Å²) in [7, 11) is 0. The Labute approximate surface area is 143 Å². The number of amides is 1. The third kappa shape index (κ3) is 3.51. The molecule has 0 spiro atoms. The minimum atomic E-state index is -0.106. The number of rotatable bonds is 2. The van der Waals surface area contributed by atoms with Crippen LogP contribution in [0.1, 0.15) is 22.0 Å². The quantitative estimate of drug-likeness (QED) is 0.777. The second-order valence-corrected chi connectivity index (χ2v) is 6.52. The lowest BCUT2D eigenvalue weighted by Gasteiger charge is -2.33. The zero-order valence-corrected chi connectivity index (χ0v) is 14.2. The number of carbonyl (C=O) groups is 1. The molecule has 1 aliphatic rings. The van der Waals surface area contributed by atoms with Gasteiger partial charge in [0, 0.05) is 21.6 Å². The third-order valence-corrected chi connectivity index (χ3v) is 4.47. The zero-order chi connectivity index (χ0) is 15.5. The number of morpholine rings is 1. The van der Waals surface area contributed by atoms with E-state index in [0.717, 1.165) is 10.0 Å². The van der Waals surface area contributed by atoms with Gasteiger partial charge in [-0.15, -0.1) is 0 Å². The van der Waals surface area contributed by atoms with E-state index in [4.69, 9.17) is 16.3 Å². The molecule has 1 aliphatic heterocycles. The van der Waals surface area contributed by atoms with Crippen LogP contribution in [-0.4, -0.2) is 30.5 Å². The lowest BCUT2D eigenvalue weighted by Crippen LogP contribution is -2.42. The summed E-state index contributed by atoms with van der Waals surface area (Å²) in [5.41, 5.74) is 1.73. The molecule has 1 atom stereocenters. The molecule has 1 heterocycles. The first-order valence-electron chi connectivity index (χ1n) is 7.05. The Balaban J connectivity index is 1.73. The Morgan fingerprint density at radius 3 is 2.50 bits per heavy atom. The van der Waals surface area contributed by atoms with Gasteiger partial charge in [0.25, 0.3) is 5.91 Å². The second kappa shape index (κ2) is 6.82. The largest absolute Gasteiger partial charge is 0.370 e. The van der Waals surface area contributed by atoms with Crippen LogP contribution >= 0.6 is 27.5 Å². The molecule has 3 nitrogen and oxygen atoms in total. The molecule has 114 valence electrons. The monoisotopic (exact) mass is 379 g/mol. The topological polar surface area (TPSA) is 29.5 Å². The number of benzene rings is 2. The summed E-state index contributed by atoms with van der Waals surface area (Å²) in [5.74, 6) is 0.0368. The van der Waals surface area contributed by atoms with Crippen LogP contribution in [0.4, 0.5) is 0 Å². The Bertz CT molecular complexity index is 657. The Hall–Kier alpha value is -1.36. The van der Waals surface area contributed by atoms with Crippen LogP contribution in [-0.2, 0) is 4.74 Å². The van der Waals surface area contributed by atoms with Gasteiger partial charge < -0.3 is 9.64 Å². The molecule has 5 heteroatoms. The molecule has 0 aromatic heterocycles. The van der Waals surface area contributed by atoms with Gasteiger partial charge >= 0.3 is 0 Å². The summed E-state index contributed by atoms with van der Waals surface area (Å²) in [4.78, 5) is 14.4. The van der Waals surface area contributed by atoms with Crippen molar-refractivity contribution >= 4 is 33.4 Å². The first kappa shape index (κ1) is 15.5. The molecule has 1 saturated heterocycles. The van der Waals surface area contributed by atoms with E-state index in [1.165, 1.54) is 0 Å². The van der Waals surface area contributed by atoms with Crippen molar-refractivity contribution in [3.63, 3.8) is 0 Å². The van der Waals surface area contributed by atoms with E-state index < -0.39 is 0 Å².